The summed E-state index contributed by atoms with van der Waals surface area (Å²) in [5, 5.41) is 3.68. The third-order valence-corrected chi connectivity index (χ3v) is 7.57. The molecular formula is C26H38N6O4Si. The van der Waals surface area contributed by atoms with Crippen molar-refractivity contribution < 1.29 is 19.0 Å². The lowest BCUT2D eigenvalue weighted by atomic mass is 10.2. The number of aromatic nitrogens is 4. The van der Waals surface area contributed by atoms with Gasteiger partial charge in [-0.3, -0.25) is 14.9 Å². The summed E-state index contributed by atoms with van der Waals surface area (Å²) in [6, 6.07) is 6.85. The number of hydrogen-bond donors (Lipinski definition) is 1. The van der Waals surface area contributed by atoms with Crippen molar-refractivity contribution in [2.75, 3.05) is 43.1 Å². The Morgan fingerprint density at radius 3 is 2.54 bits per heavy atom. The van der Waals surface area contributed by atoms with Crippen LogP contribution in [0.2, 0.25) is 25.7 Å². The summed E-state index contributed by atoms with van der Waals surface area (Å²) >= 11 is 0. The van der Waals surface area contributed by atoms with Gasteiger partial charge in [0.2, 0.25) is 0 Å². The number of pyridine rings is 1. The Kier molecular flexibility index (Phi) is 8.15. The minimum atomic E-state index is -1.21. The summed E-state index contributed by atoms with van der Waals surface area (Å²) in [4.78, 5) is 28.3. The maximum Gasteiger partial charge on any atom is 0.412 e. The Bertz CT molecular complexity index is 1210. The molecule has 4 heterocycles. The molecular weight excluding hydrogens is 488 g/mol. The second kappa shape index (κ2) is 11.2. The summed E-state index contributed by atoms with van der Waals surface area (Å²) in [7, 11) is -1.21. The van der Waals surface area contributed by atoms with Gasteiger partial charge < -0.3 is 19.1 Å². The molecule has 0 saturated carbocycles. The van der Waals surface area contributed by atoms with Gasteiger partial charge in [-0.05, 0) is 45.0 Å². The lowest BCUT2D eigenvalue weighted by Gasteiger charge is -2.28. The molecule has 1 aliphatic heterocycles. The predicted octanol–water partition coefficient (Wildman–Crippen LogP) is 4.99. The number of rotatable bonds is 8. The summed E-state index contributed by atoms with van der Waals surface area (Å²) in [6.07, 6.45) is 2.72. The average molecular weight is 527 g/mol. The number of carbonyl (C=O) groups is 1. The van der Waals surface area contributed by atoms with Crippen LogP contribution >= 0.6 is 0 Å². The third kappa shape index (κ3) is 7.27. The van der Waals surface area contributed by atoms with Gasteiger partial charge in [0.05, 0.1) is 41.9 Å². The van der Waals surface area contributed by atoms with Crippen LogP contribution in [0.4, 0.5) is 16.3 Å². The summed E-state index contributed by atoms with van der Waals surface area (Å²) in [6.45, 7) is 16.5. The molecule has 1 saturated heterocycles. The van der Waals surface area contributed by atoms with Gasteiger partial charge in [0.15, 0.2) is 0 Å². The first-order valence-electron chi connectivity index (χ1n) is 12.7. The minimum Gasteiger partial charge on any atom is -0.444 e. The maximum absolute atomic E-state index is 12.2. The monoisotopic (exact) mass is 526 g/mol. The van der Waals surface area contributed by atoms with Gasteiger partial charge in [-0.2, -0.15) is 0 Å². The normalized spacial score (nSPS) is 14.7. The molecule has 37 heavy (non-hydrogen) atoms. The molecule has 0 spiro atoms. The van der Waals surface area contributed by atoms with Crippen LogP contribution in [-0.4, -0.2) is 72.2 Å². The molecule has 3 aromatic heterocycles. The largest absolute Gasteiger partial charge is 0.444 e. The Morgan fingerprint density at radius 2 is 1.89 bits per heavy atom. The number of anilines is 2. The van der Waals surface area contributed by atoms with Crippen molar-refractivity contribution >= 4 is 36.7 Å². The Morgan fingerprint density at radius 1 is 1.14 bits per heavy atom. The molecule has 1 aliphatic rings. The van der Waals surface area contributed by atoms with E-state index in [1.54, 1.807) is 12.5 Å². The van der Waals surface area contributed by atoms with Gasteiger partial charge in [0, 0.05) is 27.8 Å². The van der Waals surface area contributed by atoms with Crippen molar-refractivity contribution in [1.29, 1.82) is 0 Å². The molecule has 0 aromatic carbocycles. The van der Waals surface area contributed by atoms with Gasteiger partial charge in [-0.25, -0.2) is 14.8 Å². The van der Waals surface area contributed by atoms with Gasteiger partial charge in [0.25, 0.3) is 0 Å². The van der Waals surface area contributed by atoms with Crippen LogP contribution < -0.4 is 10.2 Å². The number of nitrogens with zero attached hydrogens (tertiary/aromatic N) is 5. The smallest absolute Gasteiger partial charge is 0.412 e. The van der Waals surface area contributed by atoms with E-state index >= 15 is 0 Å². The van der Waals surface area contributed by atoms with Crippen LogP contribution in [0.25, 0.3) is 22.4 Å². The van der Waals surface area contributed by atoms with Crippen molar-refractivity contribution in [2.24, 2.45) is 0 Å². The fraction of sp³-hybridized carbons (Fsp3) is 0.538. The molecule has 200 valence electrons. The Hall–Kier alpha value is -3.02. The summed E-state index contributed by atoms with van der Waals surface area (Å²) in [5.41, 5.74) is 2.40. The SMILES string of the molecule is CC(C)(C)OC(=O)Nc1ccc(-c2cc3c(N4CCOCC4)ncnc3n2COCC[Si](C)(C)C)nc1. The van der Waals surface area contributed by atoms with E-state index in [9.17, 15) is 4.79 Å². The molecule has 4 rings (SSSR count). The zero-order chi connectivity index (χ0) is 26.6. The van der Waals surface area contributed by atoms with Gasteiger partial charge in [-0.1, -0.05) is 19.6 Å². The van der Waals surface area contributed by atoms with Crippen LogP contribution in [0.3, 0.4) is 0 Å². The van der Waals surface area contributed by atoms with E-state index in [4.69, 9.17) is 14.2 Å². The lowest BCUT2D eigenvalue weighted by molar-refractivity contribution is 0.0636. The third-order valence-electron chi connectivity index (χ3n) is 5.87. The van der Waals surface area contributed by atoms with E-state index in [2.05, 4.69) is 55.4 Å². The Balaban J connectivity index is 1.64. The van der Waals surface area contributed by atoms with E-state index in [-0.39, 0.29) is 0 Å². The molecule has 1 fully saturated rings. The fourth-order valence-electron chi connectivity index (χ4n) is 4.00. The van der Waals surface area contributed by atoms with Gasteiger partial charge in [-0.15, -0.1) is 0 Å². The van der Waals surface area contributed by atoms with Crippen LogP contribution in [0.15, 0.2) is 30.7 Å². The number of morpholine rings is 1. The maximum atomic E-state index is 12.2. The lowest BCUT2D eigenvalue weighted by Crippen LogP contribution is -2.36. The molecule has 0 aliphatic carbocycles. The second-order valence-corrected chi connectivity index (χ2v) is 17.0. The molecule has 10 nitrogen and oxygen atoms in total. The highest BCUT2D eigenvalue weighted by Crippen LogP contribution is 2.32. The van der Waals surface area contributed by atoms with Crippen molar-refractivity contribution in [1.82, 2.24) is 19.5 Å². The minimum absolute atomic E-state index is 0.364. The molecule has 0 unspecified atom stereocenters. The zero-order valence-electron chi connectivity index (χ0n) is 22.7. The topological polar surface area (TPSA) is 104 Å². The van der Waals surface area contributed by atoms with E-state index in [1.807, 2.05) is 32.9 Å². The quantitative estimate of drug-likeness (QED) is 0.323. The van der Waals surface area contributed by atoms with Crippen LogP contribution in [0.1, 0.15) is 20.8 Å². The standard InChI is InChI=1S/C26H38N6O4Si/c1-26(2,3)36-25(33)30-19-7-8-21(27-16-19)22-15-20-23(31-9-11-34-12-10-31)28-17-29-24(20)32(22)18-35-13-14-37(4,5)6/h7-8,15-17H,9-14,18H2,1-6H3,(H,30,33). The van der Waals surface area contributed by atoms with Crippen molar-refractivity contribution in [3.8, 4) is 11.4 Å². The first-order chi connectivity index (χ1) is 17.5. The highest BCUT2D eigenvalue weighted by atomic mass is 28.3. The van der Waals surface area contributed by atoms with Crippen molar-refractivity contribution in [3.63, 3.8) is 0 Å². The van der Waals surface area contributed by atoms with Gasteiger partial charge >= 0.3 is 6.09 Å². The predicted molar refractivity (Wildman–Crippen MR) is 148 cm³/mol. The van der Waals surface area contributed by atoms with E-state index in [1.165, 1.54) is 0 Å². The first kappa shape index (κ1) is 27.0. The first-order valence-corrected chi connectivity index (χ1v) is 16.4. The molecule has 0 atom stereocenters. The second-order valence-electron chi connectivity index (χ2n) is 11.4. The highest BCUT2D eigenvalue weighted by Gasteiger charge is 2.22. The number of amides is 1. The molecule has 3 aromatic rings. The molecule has 0 radical (unpaired) electrons. The summed E-state index contributed by atoms with van der Waals surface area (Å²) in [5.74, 6) is 0.888. The Labute approximate surface area is 219 Å². The average Bonchev–Trinajstić information content (AvgIpc) is 3.19. The number of ether oxygens (including phenoxy) is 3. The molecule has 11 heteroatoms. The van der Waals surface area contributed by atoms with Crippen LogP contribution in [0, 0.1) is 0 Å². The number of nitrogens with one attached hydrogen (secondary N) is 1. The summed E-state index contributed by atoms with van der Waals surface area (Å²) < 4.78 is 19.1. The van der Waals surface area contributed by atoms with Gasteiger partial charge in [0.1, 0.15) is 30.1 Å². The van der Waals surface area contributed by atoms with E-state index in [0.29, 0.717) is 32.2 Å². The molecule has 1 amide bonds. The highest BCUT2D eigenvalue weighted by molar-refractivity contribution is 6.76. The van der Waals surface area contributed by atoms with Crippen LogP contribution in [0.5, 0.6) is 0 Å². The van der Waals surface area contributed by atoms with E-state index in [0.717, 1.165) is 47.4 Å². The zero-order valence-corrected chi connectivity index (χ0v) is 23.7. The number of fused-ring (bicyclic) bond motifs is 1. The molecule has 0 bridgehead atoms. The van der Waals surface area contributed by atoms with Crippen LogP contribution in [-0.2, 0) is 20.9 Å². The fourth-order valence-corrected chi connectivity index (χ4v) is 4.75. The number of hydrogen-bond acceptors (Lipinski definition) is 8. The van der Waals surface area contributed by atoms with Crippen molar-refractivity contribution in [3.05, 3.63) is 30.7 Å². The van der Waals surface area contributed by atoms with E-state index < -0.39 is 19.8 Å². The van der Waals surface area contributed by atoms with Crippen molar-refractivity contribution in [2.45, 2.75) is 58.8 Å². The number of carbonyl (C=O) groups excluding carboxylic acids is 1. The molecule has 1 N–H and O–H groups in total.